The van der Waals surface area contributed by atoms with Crippen LogP contribution >= 0.6 is 0 Å². The van der Waals surface area contributed by atoms with Crippen LogP contribution in [0.5, 0.6) is 0 Å². The standard InChI is InChI=1S/C20H21NO3.Na/c1-13-6-8-15(9-7-13)17(20(23)24)12-19(22)21-18-11-10-14-4-2-3-5-16(14)18;/h2-9,17-18H,10-12H2,1H3,(H,21,22)(H,23,24);/q;+1/p-1. The van der Waals surface area contributed by atoms with E-state index >= 15 is 0 Å². The zero-order valence-corrected chi connectivity index (χ0v) is 16.6. The Kier molecular flexibility index (Phi) is 6.82. The van der Waals surface area contributed by atoms with Gasteiger partial charge in [0.25, 0.3) is 0 Å². The first kappa shape index (κ1) is 19.7. The van der Waals surface area contributed by atoms with Crippen molar-refractivity contribution in [2.75, 3.05) is 0 Å². The molecule has 1 N–H and O–H groups in total. The monoisotopic (exact) mass is 345 g/mol. The van der Waals surface area contributed by atoms with Gasteiger partial charge < -0.3 is 15.2 Å². The summed E-state index contributed by atoms with van der Waals surface area (Å²) in [6.07, 6.45) is 1.68. The van der Waals surface area contributed by atoms with Gasteiger partial charge in [0, 0.05) is 18.3 Å². The van der Waals surface area contributed by atoms with Gasteiger partial charge in [-0.15, -0.1) is 0 Å². The molecule has 2 aromatic rings. The molecular formula is C20H20NNaO3. The van der Waals surface area contributed by atoms with Gasteiger partial charge in [0.15, 0.2) is 0 Å². The predicted molar refractivity (Wildman–Crippen MR) is 89.2 cm³/mol. The first-order chi connectivity index (χ1) is 11.5. The van der Waals surface area contributed by atoms with Gasteiger partial charge in [-0.05, 0) is 36.5 Å². The van der Waals surface area contributed by atoms with E-state index in [0.717, 1.165) is 24.0 Å². The number of carbonyl (C=O) groups is 2. The summed E-state index contributed by atoms with van der Waals surface area (Å²) in [7, 11) is 0. The van der Waals surface area contributed by atoms with Gasteiger partial charge >= 0.3 is 29.6 Å². The number of nitrogens with one attached hydrogen (secondary N) is 1. The number of aliphatic carboxylic acids is 1. The van der Waals surface area contributed by atoms with Crippen molar-refractivity contribution in [3.8, 4) is 0 Å². The van der Waals surface area contributed by atoms with Crippen LogP contribution in [0.3, 0.4) is 0 Å². The molecule has 5 heteroatoms. The molecule has 1 aliphatic carbocycles. The minimum absolute atomic E-state index is 0. The van der Waals surface area contributed by atoms with E-state index in [0.29, 0.717) is 5.56 Å². The summed E-state index contributed by atoms with van der Waals surface area (Å²) in [4.78, 5) is 23.8. The molecule has 0 aliphatic heterocycles. The molecule has 0 saturated heterocycles. The van der Waals surface area contributed by atoms with Crippen LogP contribution in [0.2, 0.25) is 0 Å². The maximum absolute atomic E-state index is 12.4. The second-order valence-electron chi connectivity index (χ2n) is 6.34. The number of carbonyl (C=O) groups excluding carboxylic acids is 2. The van der Waals surface area contributed by atoms with Crippen LogP contribution < -0.4 is 40.0 Å². The second kappa shape index (κ2) is 8.65. The fourth-order valence-electron chi connectivity index (χ4n) is 3.28. The van der Waals surface area contributed by atoms with Gasteiger partial charge in [0.1, 0.15) is 0 Å². The topological polar surface area (TPSA) is 69.2 Å². The summed E-state index contributed by atoms with van der Waals surface area (Å²) in [5, 5.41) is 14.4. The minimum Gasteiger partial charge on any atom is -0.549 e. The van der Waals surface area contributed by atoms with Crippen molar-refractivity contribution in [2.45, 2.75) is 38.1 Å². The van der Waals surface area contributed by atoms with Gasteiger partial charge in [-0.3, -0.25) is 4.79 Å². The van der Waals surface area contributed by atoms with Gasteiger partial charge in [-0.2, -0.15) is 0 Å². The van der Waals surface area contributed by atoms with Crippen LogP contribution in [0.1, 0.15) is 47.1 Å². The van der Waals surface area contributed by atoms with E-state index in [-0.39, 0.29) is 47.9 Å². The van der Waals surface area contributed by atoms with Gasteiger partial charge in [-0.1, -0.05) is 54.1 Å². The number of hydrogen-bond donors (Lipinski definition) is 1. The molecule has 2 aromatic carbocycles. The molecule has 124 valence electrons. The molecular weight excluding hydrogens is 325 g/mol. The van der Waals surface area contributed by atoms with Crippen LogP contribution in [-0.4, -0.2) is 11.9 Å². The van der Waals surface area contributed by atoms with E-state index in [1.807, 2.05) is 37.3 Å². The third-order valence-corrected chi connectivity index (χ3v) is 4.62. The van der Waals surface area contributed by atoms with E-state index in [4.69, 9.17) is 0 Å². The number of carboxylic acids is 1. The number of carboxylic acid groups (broad SMARTS) is 1. The van der Waals surface area contributed by atoms with Gasteiger partial charge in [0.05, 0.1) is 6.04 Å². The van der Waals surface area contributed by atoms with Gasteiger partial charge in [-0.25, -0.2) is 0 Å². The average Bonchev–Trinajstić information content (AvgIpc) is 2.96. The molecule has 2 atom stereocenters. The quantitative estimate of drug-likeness (QED) is 0.709. The predicted octanol–water partition coefficient (Wildman–Crippen LogP) is -0.974. The third-order valence-electron chi connectivity index (χ3n) is 4.62. The Morgan fingerprint density at radius 1 is 1.16 bits per heavy atom. The Labute approximate surface area is 169 Å². The van der Waals surface area contributed by atoms with Crippen molar-refractivity contribution in [1.29, 1.82) is 0 Å². The second-order valence-corrected chi connectivity index (χ2v) is 6.34. The molecule has 3 rings (SSSR count). The molecule has 0 saturated carbocycles. The third kappa shape index (κ3) is 4.72. The molecule has 1 aliphatic rings. The maximum atomic E-state index is 12.4. The van der Waals surface area contributed by atoms with Crippen molar-refractivity contribution in [1.82, 2.24) is 5.32 Å². The Bertz CT molecular complexity index is 758. The number of rotatable bonds is 5. The van der Waals surface area contributed by atoms with Crippen molar-refractivity contribution >= 4 is 11.9 Å². The van der Waals surface area contributed by atoms with E-state index < -0.39 is 11.9 Å². The van der Waals surface area contributed by atoms with Gasteiger partial charge in [0.2, 0.25) is 5.91 Å². The van der Waals surface area contributed by atoms with Crippen LogP contribution in [0.4, 0.5) is 0 Å². The van der Waals surface area contributed by atoms with Crippen molar-refractivity contribution in [3.05, 3.63) is 70.8 Å². The van der Waals surface area contributed by atoms with Crippen molar-refractivity contribution < 1.29 is 44.3 Å². The minimum atomic E-state index is -1.22. The Hall–Kier alpha value is -1.62. The molecule has 0 fully saturated rings. The van der Waals surface area contributed by atoms with E-state index in [2.05, 4.69) is 11.4 Å². The molecule has 0 heterocycles. The maximum Gasteiger partial charge on any atom is 1.00 e. The number of amides is 1. The fourth-order valence-corrected chi connectivity index (χ4v) is 3.28. The Morgan fingerprint density at radius 3 is 2.52 bits per heavy atom. The van der Waals surface area contributed by atoms with E-state index in [1.165, 1.54) is 5.56 Å². The Balaban J connectivity index is 0.00000225. The van der Waals surface area contributed by atoms with Crippen LogP contribution in [0, 0.1) is 6.92 Å². The summed E-state index contributed by atoms with van der Waals surface area (Å²) >= 11 is 0. The normalized spacial score (nSPS) is 16.4. The zero-order valence-electron chi connectivity index (χ0n) is 14.6. The fraction of sp³-hybridized carbons (Fsp3) is 0.300. The van der Waals surface area contributed by atoms with Crippen molar-refractivity contribution in [2.24, 2.45) is 0 Å². The summed E-state index contributed by atoms with van der Waals surface area (Å²) in [5.41, 5.74) is 4.02. The molecule has 0 aromatic heterocycles. The molecule has 2 unspecified atom stereocenters. The number of aryl methyl sites for hydroxylation is 2. The summed E-state index contributed by atoms with van der Waals surface area (Å²) in [6, 6.07) is 15.2. The van der Waals surface area contributed by atoms with Crippen molar-refractivity contribution in [3.63, 3.8) is 0 Å². The number of hydrogen-bond acceptors (Lipinski definition) is 3. The summed E-state index contributed by atoms with van der Waals surface area (Å²) in [6.45, 7) is 1.93. The largest absolute Gasteiger partial charge is 1.00 e. The number of fused-ring (bicyclic) bond motifs is 1. The first-order valence-electron chi connectivity index (χ1n) is 8.19. The molecule has 0 radical (unpaired) electrons. The van der Waals surface area contributed by atoms with Crippen LogP contribution in [0.15, 0.2) is 48.5 Å². The summed E-state index contributed by atoms with van der Waals surface area (Å²) in [5.74, 6) is -2.41. The van der Waals surface area contributed by atoms with Crippen LogP contribution in [0.25, 0.3) is 0 Å². The molecule has 1 amide bonds. The van der Waals surface area contributed by atoms with Crippen LogP contribution in [-0.2, 0) is 16.0 Å². The Morgan fingerprint density at radius 2 is 1.84 bits per heavy atom. The molecule has 25 heavy (non-hydrogen) atoms. The molecule has 4 nitrogen and oxygen atoms in total. The molecule has 0 spiro atoms. The van der Waals surface area contributed by atoms with E-state index in [1.54, 1.807) is 12.1 Å². The smallest absolute Gasteiger partial charge is 0.549 e. The average molecular weight is 345 g/mol. The number of benzene rings is 2. The van der Waals surface area contributed by atoms with E-state index in [9.17, 15) is 14.7 Å². The summed E-state index contributed by atoms with van der Waals surface area (Å²) < 4.78 is 0. The zero-order chi connectivity index (χ0) is 17.1. The SMILES string of the molecule is Cc1ccc(C(CC(=O)NC2CCc3ccccc32)C(=O)[O-])cc1.[Na+]. The first-order valence-corrected chi connectivity index (χ1v) is 8.19. The molecule has 0 bridgehead atoms.